The molecule has 0 bridgehead atoms. The van der Waals surface area contributed by atoms with Gasteiger partial charge in [-0.25, -0.2) is 18.7 Å². The van der Waals surface area contributed by atoms with Crippen LogP contribution in [0.1, 0.15) is 0 Å². The van der Waals surface area contributed by atoms with E-state index in [1.807, 2.05) is 0 Å². The molecule has 0 aliphatic heterocycles. The summed E-state index contributed by atoms with van der Waals surface area (Å²) in [4.78, 5) is 8.24. The first-order valence-electron chi connectivity index (χ1n) is 7.58. The van der Waals surface area contributed by atoms with Crippen molar-refractivity contribution in [3.05, 3.63) is 54.4 Å². The number of halogens is 2. The maximum absolute atomic E-state index is 14.0. The average molecular weight is 358 g/mol. The van der Waals surface area contributed by atoms with Gasteiger partial charge in [-0.1, -0.05) is 0 Å². The van der Waals surface area contributed by atoms with Gasteiger partial charge in [0.15, 0.2) is 11.6 Å². The molecule has 2 aromatic carbocycles. The number of methoxy groups -OCH3 is 2. The van der Waals surface area contributed by atoms with E-state index in [0.29, 0.717) is 28.5 Å². The van der Waals surface area contributed by atoms with Gasteiger partial charge in [0.1, 0.15) is 23.7 Å². The fourth-order valence-electron chi connectivity index (χ4n) is 2.50. The molecule has 1 aromatic heterocycles. The Balaban J connectivity index is 1.95. The largest absolute Gasteiger partial charge is 0.496 e. The lowest BCUT2D eigenvalue weighted by Gasteiger charge is -2.12. The highest BCUT2D eigenvalue weighted by Gasteiger charge is 2.12. The number of nitrogen functional groups attached to an aromatic ring is 1. The van der Waals surface area contributed by atoms with Crippen LogP contribution >= 0.6 is 0 Å². The summed E-state index contributed by atoms with van der Waals surface area (Å²) in [6.45, 7) is 0. The standard InChI is InChI=1S/C18H16F2N4O2/c1-25-16-4-3-10(19)5-12(16)15-8-17(23-9-22-15)24-11-6-13(20)18(26-2)14(21)7-11/h3-9H,21H2,1-2H3,(H,22,23,24). The van der Waals surface area contributed by atoms with E-state index in [1.165, 1.54) is 50.9 Å². The fourth-order valence-corrected chi connectivity index (χ4v) is 2.50. The van der Waals surface area contributed by atoms with Gasteiger partial charge >= 0.3 is 0 Å². The minimum Gasteiger partial charge on any atom is -0.496 e. The van der Waals surface area contributed by atoms with Gasteiger partial charge in [-0.05, 0) is 24.3 Å². The van der Waals surface area contributed by atoms with Crippen molar-refractivity contribution in [2.45, 2.75) is 0 Å². The van der Waals surface area contributed by atoms with Crippen LogP contribution in [0.3, 0.4) is 0 Å². The third-order valence-electron chi connectivity index (χ3n) is 3.65. The third-order valence-corrected chi connectivity index (χ3v) is 3.65. The summed E-state index contributed by atoms with van der Waals surface area (Å²) < 4.78 is 37.7. The van der Waals surface area contributed by atoms with Crippen molar-refractivity contribution >= 4 is 17.2 Å². The summed E-state index contributed by atoms with van der Waals surface area (Å²) in [5, 5.41) is 2.94. The lowest BCUT2D eigenvalue weighted by molar-refractivity contribution is 0.389. The Labute approximate surface area is 148 Å². The number of nitrogens with two attached hydrogens (primary N) is 1. The van der Waals surface area contributed by atoms with Gasteiger partial charge in [-0.3, -0.25) is 0 Å². The molecule has 0 spiro atoms. The highest BCUT2D eigenvalue weighted by Crippen LogP contribution is 2.32. The Morgan fingerprint density at radius 1 is 1.00 bits per heavy atom. The number of rotatable bonds is 5. The predicted octanol–water partition coefficient (Wildman–Crippen LogP) is 3.76. The molecule has 3 rings (SSSR count). The van der Waals surface area contributed by atoms with Crippen molar-refractivity contribution < 1.29 is 18.3 Å². The number of hydrogen-bond donors (Lipinski definition) is 2. The van der Waals surface area contributed by atoms with Gasteiger partial charge in [-0.2, -0.15) is 0 Å². The molecule has 8 heteroatoms. The number of aromatic nitrogens is 2. The molecule has 0 radical (unpaired) electrons. The summed E-state index contributed by atoms with van der Waals surface area (Å²) in [5.74, 6) is -0.195. The number of benzene rings is 2. The van der Waals surface area contributed by atoms with E-state index in [0.717, 1.165) is 0 Å². The SMILES string of the molecule is COc1ccc(F)cc1-c1cc(Nc2cc(N)c(OC)c(F)c2)ncn1. The molecule has 0 atom stereocenters. The molecule has 0 saturated carbocycles. The molecular formula is C18H16F2N4O2. The molecule has 0 aliphatic carbocycles. The lowest BCUT2D eigenvalue weighted by atomic mass is 10.1. The van der Waals surface area contributed by atoms with Gasteiger partial charge in [0, 0.05) is 23.4 Å². The second-order valence-electron chi connectivity index (χ2n) is 5.34. The van der Waals surface area contributed by atoms with E-state index >= 15 is 0 Å². The van der Waals surface area contributed by atoms with Crippen LogP contribution in [0.5, 0.6) is 11.5 Å². The zero-order valence-electron chi connectivity index (χ0n) is 14.1. The molecule has 134 valence electrons. The molecular weight excluding hydrogens is 342 g/mol. The monoisotopic (exact) mass is 358 g/mol. The van der Waals surface area contributed by atoms with Crippen LogP contribution in [0.2, 0.25) is 0 Å². The van der Waals surface area contributed by atoms with Crippen molar-refractivity contribution in [1.82, 2.24) is 9.97 Å². The minimum absolute atomic E-state index is 0.0246. The van der Waals surface area contributed by atoms with Crippen LogP contribution in [-0.2, 0) is 0 Å². The van der Waals surface area contributed by atoms with Crippen LogP contribution in [0.4, 0.5) is 26.0 Å². The van der Waals surface area contributed by atoms with Crippen molar-refractivity contribution in [2.75, 3.05) is 25.3 Å². The van der Waals surface area contributed by atoms with E-state index in [1.54, 1.807) is 6.07 Å². The summed E-state index contributed by atoms with van der Waals surface area (Å²) in [6, 6.07) is 8.48. The summed E-state index contributed by atoms with van der Waals surface area (Å²) in [5.41, 5.74) is 7.22. The van der Waals surface area contributed by atoms with Gasteiger partial charge in [-0.15, -0.1) is 0 Å². The Kier molecular flexibility index (Phi) is 4.83. The van der Waals surface area contributed by atoms with E-state index in [-0.39, 0.29) is 11.4 Å². The Morgan fingerprint density at radius 2 is 1.81 bits per heavy atom. The van der Waals surface area contributed by atoms with Crippen LogP contribution < -0.4 is 20.5 Å². The highest BCUT2D eigenvalue weighted by atomic mass is 19.1. The van der Waals surface area contributed by atoms with Crippen molar-refractivity contribution in [3.63, 3.8) is 0 Å². The molecule has 0 unspecified atom stereocenters. The van der Waals surface area contributed by atoms with Gasteiger partial charge in [0.25, 0.3) is 0 Å². The summed E-state index contributed by atoms with van der Waals surface area (Å²) in [6.07, 6.45) is 1.31. The first-order valence-corrected chi connectivity index (χ1v) is 7.58. The van der Waals surface area contributed by atoms with Gasteiger partial charge in [0.05, 0.1) is 25.6 Å². The van der Waals surface area contributed by atoms with E-state index in [2.05, 4.69) is 15.3 Å². The van der Waals surface area contributed by atoms with Gasteiger partial charge in [0.2, 0.25) is 0 Å². The van der Waals surface area contributed by atoms with Crippen LogP contribution in [-0.4, -0.2) is 24.2 Å². The van der Waals surface area contributed by atoms with E-state index < -0.39 is 11.6 Å². The van der Waals surface area contributed by atoms with Crippen molar-refractivity contribution in [1.29, 1.82) is 0 Å². The summed E-state index contributed by atoms with van der Waals surface area (Å²) >= 11 is 0. The van der Waals surface area contributed by atoms with Crippen LogP contribution in [0.15, 0.2) is 42.7 Å². The number of ether oxygens (including phenoxy) is 2. The molecule has 0 aliphatic rings. The Hall–Kier alpha value is -3.42. The molecule has 0 saturated heterocycles. The topological polar surface area (TPSA) is 82.3 Å². The second-order valence-corrected chi connectivity index (χ2v) is 5.34. The maximum Gasteiger partial charge on any atom is 0.177 e. The molecule has 3 N–H and O–H groups in total. The zero-order chi connectivity index (χ0) is 18.7. The molecule has 0 amide bonds. The normalized spacial score (nSPS) is 10.5. The Bertz CT molecular complexity index is 927. The number of nitrogens with one attached hydrogen (secondary N) is 1. The number of anilines is 3. The minimum atomic E-state index is -0.601. The van der Waals surface area contributed by atoms with E-state index in [4.69, 9.17) is 15.2 Å². The molecule has 0 fully saturated rings. The van der Waals surface area contributed by atoms with Crippen LogP contribution in [0, 0.1) is 11.6 Å². The molecule has 3 aromatic rings. The molecule has 1 heterocycles. The number of hydrogen-bond acceptors (Lipinski definition) is 6. The predicted molar refractivity (Wildman–Crippen MR) is 94.6 cm³/mol. The average Bonchev–Trinajstić information content (AvgIpc) is 2.61. The van der Waals surface area contributed by atoms with Crippen molar-refractivity contribution in [2.24, 2.45) is 0 Å². The smallest absolute Gasteiger partial charge is 0.177 e. The quantitative estimate of drug-likeness (QED) is 0.676. The zero-order valence-corrected chi connectivity index (χ0v) is 14.1. The maximum atomic E-state index is 14.0. The number of nitrogens with zero attached hydrogens (tertiary/aromatic N) is 2. The summed E-state index contributed by atoms with van der Waals surface area (Å²) in [7, 11) is 2.82. The second kappa shape index (κ2) is 7.22. The van der Waals surface area contributed by atoms with Crippen LogP contribution in [0.25, 0.3) is 11.3 Å². The first-order chi connectivity index (χ1) is 12.5. The highest BCUT2D eigenvalue weighted by molar-refractivity contribution is 5.72. The van der Waals surface area contributed by atoms with Crippen molar-refractivity contribution in [3.8, 4) is 22.8 Å². The van der Waals surface area contributed by atoms with E-state index in [9.17, 15) is 8.78 Å². The first kappa shape index (κ1) is 17.4. The third kappa shape index (κ3) is 3.49. The Morgan fingerprint density at radius 3 is 2.50 bits per heavy atom. The molecule has 26 heavy (non-hydrogen) atoms. The lowest BCUT2D eigenvalue weighted by Crippen LogP contribution is -2.00. The van der Waals surface area contributed by atoms with Gasteiger partial charge < -0.3 is 20.5 Å². The molecule has 6 nitrogen and oxygen atoms in total. The fraction of sp³-hybridized carbons (Fsp3) is 0.111.